The number of methoxy groups -OCH3 is 1. The molecule has 172 valence electrons. The summed E-state index contributed by atoms with van der Waals surface area (Å²) >= 11 is 12.0. The molecule has 0 bridgehead atoms. The number of halogens is 2. The summed E-state index contributed by atoms with van der Waals surface area (Å²) in [7, 11) is 1.20. The molecular weight excluding hydrogens is 459 g/mol. The van der Waals surface area contributed by atoms with E-state index in [9.17, 15) is 19.5 Å². The van der Waals surface area contributed by atoms with E-state index < -0.39 is 30.1 Å². The maximum Gasteiger partial charge on any atom is 0.407 e. The van der Waals surface area contributed by atoms with Crippen molar-refractivity contribution < 1.29 is 29.0 Å². The minimum Gasteiger partial charge on any atom is -0.467 e. The first kappa shape index (κ1) is 25.5. The Bertz CT molecular complexity index is 926. The van der Waals surface area contributed by atoms with Crippen molar-refractivity contribution in [1.82, 2.24) is 10.6 Å². The summed E-state index contributed by atoms with van der Waals surface area (Å²) in [5.74, 6) is -1.26. The van der Waals surface area contributed by atoms with Crippen LogP contribution in [0.2, 0.25) is 10.0 Å². The van der Waals surface area contributed by atoms with Crippen LogP contribution < -0.4 is 10.6 Å². The van der Waals surface area contributed by atoms with Crippen LogP contribution in [0, 0.1) is 0 Å². The summed E-state index contributed by atoms with van der Waals surface area (Å²) < 4.78 is 9.77. The van der Waals surface area contributed by atoms with Gasteiger partial charge in [0.05, 0.1) is 19.6 Å². The molecule has 0 saturated heterocycles. The summed E-state index contributed by atoms with van der Waals surface area (Å²) in [6.07, 6.45) is -2.18. The summed E-state index contributed by atoms with van der Waals surface area (Å²) in [4.78, 5) is 36.1. The van der Waals surface area contributed by atoms with Gasteiger partial charge in [0.2, 0.25) is 5.91 Å². The zero-order valence-corrected chi connectivity index (χ0v) is 18.9. The second kappa shape index (κ2) is 12.9. The third-order valence-corrected chi connectivity index (χ3v) is 4.96. The average Bonchev–Trinajstić information content (AvgIpc) is 2.77. The average molecular weight is 483 g/mol. The van der Waals surface area contributed by atoms with Gasteiger partial charge in [-0.2, -0.15) is 0 Å². The first-order valence-electron chi connectivity index (χ1n) is 9.72. The SMILES string of the molecule is COC(=O)[C@H](Cc1ccc(Cl)cc1Cl)NC(=O)C[C@@H](O)CNC(=O)OCc1ccccc1. The van der Waals surface area contributed by atoms with Crippen molar-refractivity contribution in [1.29, 1.82) is 0 Å². The predicted octanol–water partition coefficient (Wildman–Crippen LogP) is 2.87. The largest absolute Gasteiger partial charge is 0.467 e. The lowest BCUT2D eigenvalue weighted by molar-refractivity contribution is -0.145. The predicted molar refractivity (Wildman–Crippen MR) is 119 cm³/mol. The second-order valence-corrected chi connectivity index (χ2v) is 7.73. The number of amides is 2. The lowest BCUT2D eigenvalue weighted by atomic mass is 10.1. The molecule has 3 N–H and O–H groups in total. The molecule has 2 rings (SSSR count). The van der Waals surface area contributed by atoms with Crippen molar-refractivity contribution in [3.8, 4) is 0 Å². The van der Waals surface area contributed by atoms with E-state index in [2.05, 4.69) is 10.6 Å². The van der Waals surface area contributed by atoms with Crippen LogP contribution in [-0.4, -0.2) is 48.9 Å². The number of aliphatic hydroxyl groups is 1. The van der Waals surface area contributed by atoms with Crippen LogP contribution >= 0.6 is 23.2 Å². The molecule has 0 fully saturated rings. The fourth-order valence-corrected chi connectivity index (χ4v) is 3.24. The van der Waals surface area contributed by atoms with Gasteiger partial charge in [-0.05, 0) is 23.3 Å². The summed E-state index contributed by atoms with van der Waals surface area (Å²) in [5.41, 5.74) is 1.41. The maximum atomic E-state index is 12.3. The van der Waals surface area contributed by atoms with Crippen molar-refractivity contribution in [2.45, 2.75) is 31.6 Å². The molecule has 2 aromatic carbocycles. The summed E-state index contributed by atoms with van der Waals surface area (Å²) in [6.45, 7) is -0.121. The van der Waals surface area contributed by atoms with Gasteiger partial charge in [-0.3, -0.25) is 4.79 Å². The molecule has 32 heavy (non-hydrogen) atoms. The smallest absolute Gasteiger partial charge is 0.407 e. The monoisotopic (exact) mass is 482 g/mol. The van der Waals surface area contributed by atoms with Crippen LogP contribution in [-0.2, 0) is 32.1 Å². The highest BCUT2D eigenvalue weighted by atomic mass is 35.5. The Kier molecular flexibility index (Phi) is 10.3. The Morgan fingerprint density at radius 3 is 2.47 bits per heavy atom. The molecule has 2 aromatic rings. The van der Waals surface area contributed by atoms with Crippen molar-refractivity contribution in [3.05, 3.63) is 69.7 Å². The quantitative estimate of drug-likeness (QED) is 0.448. The molecule has 0 aliphatic heterocycles. The Morgan fingerprint density at radius 1 is 1.09 bits per heavy atom. The zero-order chi connectivity index (χ0) is 23.5. The maximum absolute atomic E-state index is 12.3. The van der Waals surface area contributed by atoms with E-state index in [4.69, 9.17) is 32.7 Å². The summed E-state index contributed by atoms with van der Waals surface area (Å²) in [5, 5.41) is 15.7. The van der Waals surface area contributed by atoms with Gasteiger partial charge >= 0.3 is 12.1 Å². The van der Waals surface area contributed by atoms with Gasteiger partial charge in [-0.25, -0.2) is 9.59 Å². The Hall–Kier alpha value is -2.81. The third-order valence-electron chi connectivity index (χ3n) is 4.38. The van der Waals surface area contributed by atoms with E-state index in [0.29, 0.717) is 15.6 Å². The molecule has 2 atom stereocenters. The van der Waals surface area contributed by atoms with Crippen molar-refractivity contribution in [2.24, 2.45) is 0 Å². The molecular formula is C22H24Cl2N2O6. The van der Waals surface area contributed by atoms with E-state index >= 15 is 0 Å². The minimum atomic E-state index is -1.18. The van der Waals surface area contributed by atoms with Crippen molar-refractivity contribution >= 4 is 41.2 Å². The van der Waals surface area contributed by atoms with Gasteiger partial charge < -0.3 is 25.2 Å². The molecule has 0 aliphatic rings. The van der Waals surface area contributed by atoms with Gasteiger partial charge in [0.15, 0.2) is 0 Å². The van der Waals surface area contributed by atoms with E-state index in [1.165, 1.54) is 13.2 Å². The lowest BCUT2D eigenvalue weighted by Gasteiger charge is -2.19. The lowest BCUT2D eigenvalue weighted by Crippen LogP contribution is -2.45. The molecule has 8 nitrogen and oxygen atoms in total. The van der Waals surface area contributed by atoms with Crippen molar-refractivity contribution in [2.75, 3.05) is 13.7 Å². The highest BCUT2D eigenvalue weighted by molar-refractivity contribution is 6.35. The normalized spacial score (nSPS) is 12.4. The second-order valence-electron chi connectivity index (χ2n) is 6.88. The van der Waals surface area contributed by atoms with Crippen LogP contribution in [0.25, 0.3) is 0 Å². The zero-order valence-electron chi connectivity index (χ0n) is 17.3. The molecule has 0 heterocycles. The van der Waals surface area contributed by atoms with Gasteiger partial charge in [-0.1, -0.05) is 59.6 Å². The Balaban J connectivity index is 1.80. The number of carbonyl (C=O) groups excluding carboxylic acids is 3. The van der Waals surface area contributed by atoms with E-state index in [0.717, 1.165) is 5.56 Å². The van der Waals surface area contributed by atoms with Crippen LogP contribution in [0.1, 0.15) is 17.5 Å². The van der Waals surface area contributed by atoms with E-state index in [1.54, 1.807) is 24.3 Å². The number of benzene rings is 2. The number of aliphatic hydroxyl groups excluding tert-OH is 1. The fourth-order valence-electron chi connectivity index (χ4n) is 2.76. The number of nitrogens with one attached hydrogen (secondary N) is 2. The van der Waals surface area contributed by atoms with Gasteiger partial charge in [-0.15, -0.1) is 0 Å². The molecule has 10 heteroatoms. The number of ether oxygens (including phenoxy) is 2. The standard InChI is InChI=1S/C22H24Cl2N2O6/c1-31-21(29)19(9-15-7-8-16(23)10-18(15)24)26-20(28)11-17(27)12-25-22(30)32-13-14-5-3-2-4-6-14/h2-8,10,17,19,27H,9,11-13H2,1H3,(H,25,30)(H,26,28)/t17-,19+/m1/s1. The number of carbonyl (C=O) groups is 3. The number of hydrogen-bond donors (Lipinski definition) is 3. The molecule has 0 unspecified atom stereocenters. The highest BCUT2D eigenvalue weighted by Gasteiger charge is 2.24. The molecule has 0 saturated carbocycles. The molecule has 0 aromatic heterocycles. The molecule has 0 aliphatic carbocycles. The van der Waals surface area contributed by atoms with Crippen LogP contribution in [0.5, 0.6) is 0 Å². The first-order valence-corrected chi connectivity index (χ1v) is 10.5. The van der Waals surface area contributed by atoms with Gasteiger partial charge in [0, 0.05) is 23.0 Å². The number of hydrogen-bond acceptors (Lipinski definition) is 6. The fraction of sp³-hybridized carbons (Fsp3) is 0.318. The first-order chi connectivity index (χ1) is 15.3. The number of alkyl carbamates (subject to hydrolysis) is 1. The third kappa shape index (κ3) is 8.74. The van der Waals surface area contributed by atoms with Crippen molar-refractivity contribution in [3.63, 3.8) is 0 Å². The molecule has 0 radical (unpaired) electrons. The van der Waals surface area contributed by atoms with E-state index in [1.807, 2.05) is 18.2 Å². The van der Waals surface area contributed by atoms with Crippen LogP contribution in [0.4, 0.5) is 4.79 Å². The minimum absolute atomic E-state index is 0.0779. The molecule has 2 amide bonds. The van der Waals surface area contributed by atoms with Crippen LogP contribution in [0.3, 0.4) is 0 Å². The Morgan fingerprint density at radius 2 is 1.81 bits per heavy atom. The number of rotatable bonds is 10. The molecule has 0 spiro atoms. The van der Waals surface area contributed by atoms with Gasteiger partial charge in [0.25, 0.3) is 0 Å². The van der Waals surface area contributed by atoms with Gasteiger partial charge in [0.1, 0.15) is 12.6 Å². The summed E-state index contributed by atoms with van der Waals surface area (Å²) in [6, 6.07) is 12.9. The van der Waals surface area contributed by atoms with Crippen LogP contribution in [0.15, 0.2) is 48.5 Å². The topological polar surface area (TPSA) is 114 Å². The number of esters is 1. The highest BCUT2D eigenvalue weighted by Crippen LogP contribution is 2.22. The Labute approximate surface area is 195 Å². The van der Waals surface area contributed by atoms with E-state index in [-0.39, 0.29) is 26.0 Å².